The van der Waals surface area contributed by atoms with Crippen molar-refractivity contribution in [2.24, 2.45) is 5.73 Å². The zero-order chi connectivity index (χ0) is 12.6. The Morgan fingerprint density at radius 3 is 2.59 bits per heavy atom. The summed E-state index contributed by atoms with van der Waals surface area (Å²) in [6, 6.07) is 4.26. The fourth-order valence-corrected chi connectivity index (χ4v) is 2.74. The van der Waals surface area contributed by atoms with Gasteiger partial charge >= 0.3 is 0 Å². The van der Waals surface area contributed by atoms with E-state index in [4.69, 9.17) is 10.2 Å². The van der Waals surface area contributed by atoms with Gasteiger partial charge in [0, 0.05) is 15.4 Å². The lowest BCUT2D eigenvalue weighted by Crippen LogP contribution is -1.97. The number of fused-ring (bicyclic) bond motifs is 1. The van der Waals surface area contributed by atoms with Crippen molar-refractivity contribution in [3.8, 4) is 0 Å². The highest BCUT2D eigenvalue weighted by Crippen LogP contribution is 2.35. The minimum absolute atomic E-state index is 0.441. The fraction of sp³-hybridized carbons (Fsp3) is 0.429. The van der Waals surface area contributed by atoms with E-state index >= 15 is 0 Å². The van der Waals surface area contributed by atoms with E-state index in [1.165, 1.54) is 16.5 Å². The average Bonchev–Trinajstić information content (AvgIpc) is 2.64. The molecule has 0 saturated carbocycles. The van der Waals surface area contributed by atoms with E-state index in [1.807, 2.05) is 0 Å². The molecule has 0 saturated heterocycles. The summed E-state index contributed by atoms with van der Waals surface area (Å²) >= 11 is 3.57. The molecule has 1 aromatic heterocycles. The summed E-state index contributed by atoms with van der Waals surface area (Å²) in [5, 5.41) is 1.20. The van der Waals surface area contributed by atoms with Crippen molar-refractivity contribution in [1.29, 1.82) is 0 Å². The summed E-state index contributed by atoms with van der Waals surface area (Å²) in [4.78, 5) is 0. The Morgan fingerprint density at radius 1 is 1.35 bits per heavy atom. The van der Waals surface area contributed by atoms with E-state index in [0.717, 1.165) is 22.2 Å². The number of aryl methyl sites for hydroxylation is 1. The average molecular weight is 296 g/mol. The van der Waals surface area contributed by atoms with Crippen LogP contribution in [0.15, 0.2) is 21.0 Å². The second kappa shape index (κ2) is 4.83. The van der Waals surface area contributed by atoms with Crippen LogP contribution in [-0.4, -0.2) is 0 Å². The smallest absolute Gasteiger partial charge is 0.138 e. The lowest BCUT2D eigenvalue weighted by molar-refractivity contribution is 0.541. The molecule has 0 fully saturated rings. The third kappa shape index (κ3) is 2.14. The summed E-state index contributed by atoms with van der Waals surface area (Å²) in [7, 11) is 0. The quantitative estimate of drug-likeness (QED) is 0.915. The minimum Gasteiger partial charge on any atom is -0.459 e. The molecule has 2 aromatic rings. The van der Waals surface area contributed by atoms with Gasteiger partial charge in [0.1, 0.15) is 11.3 Å². The summed E-state index contributed by atoms with van der Waals surface area (Å²) in [6.07, 6.45) is 0.952. The number of rotatable bonds is 3. The molecule has 0 atom stereocenters. The molecule has 0 aliphatic heterocycles. The van der Waals surface area contributed by atoms with Gasteiger partial charge in [-0.1, -0.05) is 36.7 Å². The zero-order valence-electron chi connectivity index (χ0n) is 10.5. The van der Waals surface area contributed by atoms with Gasteiger partial charge in [-0.3, -0.25) is 0 Å². The van der Waals surface area contributed by atoms with E-state index in [0.29, 0.717) is 12.5 Å². The molecule has 1 aromatic carbocycles. The molecule has 3 heteroatoms. The van der Waals surface area contributed by atoms with Crippen molar-refractivity contribution in [2.45, 2.75) is 39.7 Å². The molecule has 1 heterocycles. The molecule has 0 unspecified atom stereocenters. The van der Waals surface area contributed by atoms with Crippen molar-refractivity contribution < 1.29 is 4.42 Å². The molecule has 0 spiro atoms. The lowest BCUT2D eigenvalue weighted by atomic mass is 9.99. The summed E-state index contributed by atoms with van der Waals surface area (Å²) in [5.74, 6) is 1.36. The zero-order valence-corrected chi connectivity index (χ0v) is 12.1. The molecular weight excluding hydrogens is 278 g/mol. The summed E-state index contributed by atoms with van der Waals surface area (Å²) in [6.45, 7) is 6.96. The van der Waals surface area contributed by atoms with Gasteiger partial charge in [0.2, 0.25) is 0 Å². The second-order valence-electron chi connectivity index (χ2n) is 4.59. The molecule has 0 radical (unpaired) electrons. The number of nitrogens with two attached hydrogens (primary N) is 1. The Hall–Kier alpha value is -0.800. The maximum atomic E-state index is 5.94. The molecule has 0 bridgehead atoms. The number of benzene rings is 1. The highest BCUT2D eigenvalue weighted by Gasteiger charge is 2.16. The van der Waals surface area contributed by atoms with Crippen molar-refractivity contribution >= 4 is 26.9 Å². The molecule has 17 heavy (non-hydrogen) atoms. The Labute approximate surface area is 110 Å². The van der Waals surface area contributed by atoms with Gasteiger partial charge in [-0.15, -0.1) is 0 Å². The van der Waals surface area contributed by atoms with Crippen LogP contribution in [0.2, 0.25) is 0 Å². The topological polar surface area (TPSA) is 39.2 Å². The van der Waals surface area contributed by atoms with Gasteiger partial charge in [-0.25, -0.2) is 0 Å². The Kier molecular flexibility index (Phi) is 3.59. The van der Waals surface area contributed by atoms with Crippen LogP contribution in [0.4, 0.5) is 0 Å². The van der Waals surface area contributed by atoms with Crippen molar-refractivity contribution in [3.05, 3.63) is 33.5 Å². The van der Waals surface area contributed by atoms with Crippen molar-refractivity contribution in [2.75, 3.05) is 0 Å². The van der Waals surface area contributed by atoms with Gasteiger partial charge in [-0.2, -0.15) is 0 Å². The van der Waals surface area contributed by atoms with Crippen molar-refractivity contribution in [1.82, 2.24) is 0 Å². The van der Waals surface area contributed by atoms with Crippen LogP contribution in [0.3, 0.4) is 0 Å². The highest BCUT2D eigenvalue weighted by atomic mass is 79.9. The van der Waals surface area contributed by atoms with E-state index in [1.54, 1.807) is 0 Å². The molecule has 2 N–H and O–H groups in total. The lowest BCUT2D eigenvalue weighted by Gasteiger charge is -2.07. The first kappa shape index (κ1) is 12.7. The van der Waals surface area contributed by atoms with E-state index in [2.05, 4.69) is 48.8 Å². The first-order chi connectivity index (χ1) is 8.08. The van der Waals surface area contributed by atoms with Crippen molar-refractivity contribution in [3.63, 3.8) is 0 Å². The number of furan rings is 1. The summed E-state index contributed by atoms with van der Waals surface area (Å²) in [5.41, 5.74) is 9.23. The van der Waals surface area contributed by atoms with Gasteiger partial charge in [0.05, 0.1) is 6.54 Å². The van der Waals surface area contributed by atoms with Gasteiger partial charge in [0.25, 0.3) is 0 Å². The first-order valence-corrected chi connectivity index (χ1v) is 6.81. The normalized spacial score (nSPS) is 11.6. The number of hydrogen-bond acceptors (Lipinski definition) is 2. The first-order valence-electron chi connectivity index (χ1n) is 6.02. The predicted octanol–water partition coefficient (Wildman–Crippen LogP) is 4.34. The van der Waals surface area contributed by atoms with Crippen LogP contribution in [-0.2, 0) is 13.0 Å². The third-order valence-electron chi connectivity index (χ3n) is 3.13. The largest absolute Gasteiger partial charge is 0.459 e. The molecule has 2 rings (SSSR count). The predicted molar refractivity (Wildman–Crippen MR) is 75.3 cm³/mol. The Bertz CT molecular complexity index is 543. The van der Waals surface area contributed by atoms with Crippen LogP contribution < -0.4 is 5.73 Å². The molecular formula is C14H18BrNO. The van der Waals surface area contributed by atoms with Gasteiger partial charge in [-0.05, 0) is 30.0 Å². The monoisotopic (exact) mass is 295 g/mol. The second-order valence-corrected chi connectivity index (χ2v) is 5.50. The highest BCUT2D eigenvalue weighted by molar-refractivity contribution is 9.10. The van der Waals surface area contributed by atoms with E-state index in [-0.39, 0.29) is 0 Å². The van der Waals surface area contributed by atoms with E-state index < -0.39 is 0 Å². The van der Waals surface area contributed by atoms with Crippen LogP contribution in [0, 0.1) is 0 Å². The summed E-state index contributed by atoms with van der Waals surface area (Å²) < 4.78 is 7.05. The minimum atomic E-state index is 0.441. The molecule has 0 aliphatic rings. The molecule has 0 amide bonds. The third-order valence-corrected chi connectivity index (χ3v) is 3.59. The van der Waals surface area contributed by atoms with Crippen LogP contribution in [0.25, 0.3) is 11.0 Å². The fourth-order valence-electron chi connectivity index (χ4n) is 2.27. The molecule has 2 nitrogen and oxygen atoms in total. The standard InChI is InChI=1S/C14H18BrNO/c1-4-10-12-6-9(15)5-11(8(2)3)14(12)17-13(10)7-16/h5-6,8H,4,7,16H2,1-3H3. The maximum Gasteiger partial charge on any atom is 0.138 e. The maximum absolute atomic E-state index is 5.94. The van der Waals surface area contributed by atoms with Crippen LogP contribution in [0.1, 0.15) is 43.6 Å². The van der Waals surface area contributed by atoms with Crippen LogP contribution in [0.5, 0.6) is 0 Å². The van der Waals surface area contributed by atoms with Gasteiger partial charge in [0.15, 0.2) is 0 Å². The van der Waals surface area contributed by atoms with E-state index in [9.17, 15) is 0 Å². The van der Waals surface area contributed by atoms with Crippen LogP contribution >= 0.6 is 15.9 Å². The number of halogens is 1. The Balaban J connectivity index is 2.81. The SMILES string of the molecule is CCc1c(CN)oc2c(C(C)C)cc(Br)cc12. The number of hydrogen-bond donors (Lipinski definition) is 1. The molecule has 0 aliphatic carbocycles. The van der Waals surface area contributed by atoms with Gasteiger partial charge < -0.3 is 10.2 Å². The molecule has 92 valence electrons. The Morgan fingerprint density at radius 2 is 2.06 bits per heavy atom.